The van der Waals surface area contributed by atoms with E-state index in [-0.39, 0.29) is 43.6 Å². The zero-order valence-corrected chi connectivity index (χ0v) is 27.9. The van der Waals surface area contributed by atoms with E-state index in [1.165, 1.54) is 48.5 Å². The Morgan fingerprint density at radius 1 is 0.556 bits per heavy atom. The number of ether oxygens (including phenoxy) is 2. The van der Waals surface area contributed by atoms with Gasteiger partial charge in [0.2, 0.25) is 9.84 Å². The first-order valence-electron chi connectivity index (χ1n) is 13.6. The number of hydrogen-bond acceptors (Lipinski definition) is 8. The third-order valence-electron chi connectivity index (χ3n) is 6.59. The topological polar surface area (TPSA) is 161 Å². The summed E-state index contributed by atoms with van der Waals surface area (Å²) in [6, 6.07) is 19.7. The molecule has 0 aromatic heterocycles. The van der Waals surface area contributed by atoms with Gasteiger partial charge in [0.25, 0.3) is 20.2 Å². The van der Waals surface area contributed by atoms with Gasteiger partial charge in [-0.05, 0) is 104 Å². The second-order valence-corrected chi connectivity index (χ2v) is 17.1. The van der Waals surface area contributed by atoms with Gasteiger partial charge >= 0.3 is 0 Å². The van der Waals surface area contributed by atoms with Crippen molar-refractivity contribution in [2.75, 3.05) is 0 Å². The van der Waals surface area contributed by atoms with Crippen LogP contribution in [0, 0.1) is 0 Å². The van der Waals surface area contributed by atoms with E-state index in [1.54, 1.807) is 45.0 Å². The zero-order valence-electron chi connectivity index (χ0n) is 25.5. The van der Waals surface area contributed by atoms with E-state index in [0.717, 1.165) is 17.7 Å². The molecule has 0 fully saturated rings. The molecule has 0 amide bonds. The van der Waals surface area contributed by atoms with Gasteiger partial charge in [-0.15, -0.1) is 0 Å². The molecule has 45 heavy (non-hydrogen) atoms. The lowest BCUT2D eigenvalue weighted by molar-refractivity contribution is 0.126. The van der Waals surface area contributed by atoms with E-state index in [2.05, 4.69) is 0 Å². The van der Waals surface area contributed by atoms with E-state index in [4.69, 9.17) is 9.47 Å². The van der Waals surface area contributed by atoms with Gasteiger partial charge in [-0.1, -0.05) is 45.0 Å². The van der Waals surface area contributed by atoms with Crippen molar-refractivity contribution in [2.45, 2.75) is 72.1 Å². The molecule has 10 nitrogen and oxygen atoms in total. The van der Waals surface area contributed by atoms with Crippen LogP contribution < -0.4 is 9.47 Å². The fourth-order valence-corrected chi connectivity index (χ4v) is 6.90. The number of rotatable bonds is 8. The van der Waals surface area contributed by atoms with Gasteiger partial charge in [-0.3, -0.25) is 9.11 Å². The van der Waals surface area contributed by atoms with Crippen LogP contribution in [0.5, 0.6) is 17.2 Å². The molecule has 0 bridgehead atoms. The lowest BCUT2D eigenvalue weighted by Crippen LogP contribution is -2.24. The van der Waals surface area contributed by atoms with Crippen molar-refractivity contribution in [3.63, 3.8) is 0 Å². The van der Waals surface area contributed by atoms with E-state index < -0.39 is 45.5 Å². The quantitative estimate of drug-likeness (QED) is 0.187. The van der Waals surface area contributed by atoms with Gasteiger partial charge in [0.05, 0.1) is 9.79 Å². The van der Waals surface area contributed by atoms with E-state index >= 15 is 0 Å². The highest BCUT2D eigenvalue weighted by atomic mass is 32.2. The monoisotopic (exact) mass is 674 g/mol. The van der Waals surface area contributed by atoms with Gasteiger partial charge in [-0.2, -0.15) is 16.8 Å². The minimum absolute atomic E-state index is 0.00256. The van der Waals surface area contributed by atoms with Crippen molar-refractivity contribution in [3.05, 3.63) is 90.5 Å². The Morgan fingerprint density at radius 2 is 0.978 bits per heavy atom. The highest BCUT2D eigenvalue weighted by Crippen LogP contribution is 2.37. The van der Waals surface area contributed by atoms with Crippen molar-refractivity contribution < 1.29 is 43.8 Å². The van der Waals surface area contributed by atoms with Crippen molar-refractivity contribution in [1.82, 2.24) is 0 Å². The predicted octanol–water partition coefficient (Wildman–Crippen LogP) is 6.95. The van der Waals surface area contributed by atoms with Crippen LogP contribution in [-0.4, -0.2) is 40.0 Å². The third kappa shape index (κ3) is 8.10. The molecule has 0 heterocycles. The molecule has 0 unspecified atom stereocenters. The summed E-state index contributed by atoms with van der Waals surface area (Å²) >= 11 is 0. The SMILES string of the molecule is CC(C)(C)Oc1ccc(-c2ccc(Oc3ccc(S(=O)(=O)c4ccc(C(C)(C)C)cc4)cc3)c(S(=O)(=O)O)c2)cc1S(=O)(=O)O. The first kappa shape index (κ1) is 34.1. The van der Waals surface area contributed by atoms with Crippen LogP contribution in [0.25, 0.3) is 11.1 Å². The Balaban J connectivity index is 1.66. The van der Waals surface area contributed by atoms with Crippen molar-refractivity contribution in [1.29, 1.82) is 0 Å². The number of benzene rings is 4. The normalized spacial score (nSPS) is 13.0. The minimum Gasteiger partial charge on any atom is -0.487 e. The van der Waals surface area contributed by atoms with Crippen LogP contribution in [0.15, 0.2) is 105 Å². The first-order valence-corrected chi connectivity index (χ1v) is 18.0. The minimum atomic E-state index is -4.85. The van der Waals surface area contributed by atoms with Gasteiger partial charge in [-0.25, -0.2) is 8.42 Å². The summed E-state index contributed by atoms with van der Waals surface area (Å²) in [5.74, 6) is -0.277. The summed E-state index contributed by atoms with van der Waals surface area (Å²) < 4.78 is 106. The molecule has 13 heteroatoms. The fourth-order valence-electron chi connectivity index (χ4n) is 4.36. The molecule has 0 aliphatic heterocycles. The summed E-state index contributed by atoms with van der Waals surface area (Å²) in [6.07, 6.45) is 0. The summed E-state index contributed by atoms with van der Waals surface area (Å²) in [5.41, 5.74) is 0.440. The fraction of sp³-hybridized carbons (Fsp3) is 0.250. The van der Waals surface area contributed by atoms with E-state index in [9.17, 15) is 34.4 Å². The average molecular weight is 675 g/mol. The van der Waals surface area contributed by atoms with Crippen LogP contribution in [0.2, 0.25) is 0 Å². The second-order valence-electron chi connectivity index (χ2n) is 12.3. The van der Waals surface area contributed by atoms with E-state index in [1.807, 2.05) is 20.8 Å². The standard InChI is InChI=1S/C32H34O10S3/c1-31(2,3)23-9-13-25(14-10-23)43(33,34)26-15-11-24(12-16-26)41-27-17-7-21(19-29(27)44(35,36)37)22-8-18-28(42-32(4,5)6)30(20-22)45(38,39)40/h7-20H,1-6H3,(H,35,36,37)(H,38,39,40). The van der Waals surface area contributed by atoms with Crippen LogP contribution in [-0.2, 0) is 35.5 Å². The first-order chi connectivity index (χ1) is 20.6. The molecule has 2 N–H and O–H groups in total. The second kappa shape index (κ2) is 11.9. The molecule has 0 spiro atoms. The average Bonchev–Trinajstić information content (AvgIpc) is 2.91. The molecule has 4 rings (SSSR count). The zero-order chi connectivity index (χ0) is 33.6. The van der Waals surface area contributed by atoms with Crippen molar-refractivity contribution >= 4 is 30.1 Å². The van der Waals surface area contributed by atoms with Crippen molar-refractivity contribution in [3.8, 4) is 28.4 Å². The Morgan fingerprint density at radius 3 is 1.40 bits per heavy atom. The molecule has 4 aromatic carbocycles. The lowest BCUT2D eigenvalue weighted by atomic mass is 9.87. The number of hydrogen-bond donors (Lipinski definition) is 2. The maximum absolute atomic E-state index is 13.2. The highest BCUT2D eigenvalue weighted by Gasteiger charge is 2.25. The van der Waals surface area contributed by atoms with Gasteiger partial charge < -0.3 is 9.47 Å². The van der Waals surface area contributed by atoms with Crippen LogP contribution in [0.4, 0.5) is 0 Å². The smallest absolute Gasteiger partial charge is 0.298 e. The Bertz CT molecular complexity index is 2050. The third-order valence-corrected chi connectivity index (χ3v) is 10.1. The summed E-state index contributed by atoms with van der Waals surface area (Å²) in [4.78, 5) is -1.04. The molecular weight excluding hydrogens is 641 g/mol. The largest absolute Gasteiger partial charge is 0.487 e. The summed E-state index contributed by atoms with van der Waals surface area (Å²) in [6.45, 7) is 11.2. The molecule has 0 saturated carbocycles. The Kier molecular flexibility index (Phi) is 9.01. The molecule has 4 aromatic rings. The van der Waals surface area contributed by atoms with Gasteiger partial charge in [0.1, 0.15) is 32.6 Å². The molecule has 0 radical (unpaired) electrons. The maximum Gasteiger partial charge on any atom is 0.298 e. The maximum atomic E-state index is 13.2. The highest BCUT2D eigenvalue weighted by molar-refractivity contribution is 7.91. The molecular formula is C32H34O10S3. The molecule has 0 aliphatic rings. The summed E-state index contributed by atoms with van der Waals surface area (Å²) in [7, 11) is -13.4. The van der Waals surface area contributed by atoms with Gasteiger partial charge in [0.15, 0.2) is 0 Å². The Labute approximate surface area is 264 Å². The molecule has 0 aliphatic carbocycles. The summed E-state index contributed by atoms with van der Waals surface area (Å²) in [5, 5.41) is 0. The molecule has 0 atom stereocenters. The van der Waals surface area contributed by atoms with Crippen LogP contribution in [0.1, 0.15) is 47.1 Å². The van der Waals surface area contributed by atoms with Gasteiger partial charge in [0, 0.05) is 0 Å². The Hall–Kier alpha value is -3.75. The van der Waals surface area contributed by atoms with Crippen LogP contribution >= 0.6 is 0 Å². The van der Waals surface area contributed by atoms with Crippen molar-refractivity contribution in [2.24, 2.45) is 0 Å². The van der Waals surface area contributed by atoms with E-state index in [0.29, 0.717) is 0 Å². The van der Waals surface area contributed by atoms with Crippen LogP contribution in [0.3, 0.4) is 0 Å². The number of sulfone groups is 1. The lowest BCUT2D eigenvalue weighted by Gasteiger charge is -2.23. The predicted molar refractivity (Wildman–Crippen MR) is 169 cm³/mol. The molecule has 0 saturated heterocycles. The molecule has 240 valence electrons.